The van der Waals surface area contributed by atoms with Crippen LogP contribution in [0.25, 0.3) is 0 Å². The number of carboxylic acid groups (broad SMARTS) is 1. The molecule has 1 aliphatic rings. The van der Waals surface area contributed by atoms with E-state index in [9.17, 15) is 9.59 Å². The Balaban J connectivity index is 2.35. The highest BCUT2D eigenvalue weighted by molar-refractivity contribution is 7.13. The van der Waals surface area contributed by atoms with Crippen LogP contribution in [-0.2, 0) is 11.2 Å². The van der Waals surface area contributed by atoms with Crippen molar-refractivity contribution in [3.63, 3.8) is 0 Å². The Morgan fingerprint density at radius 3 is 2.88 bits per heavy atom. The molecule has 0 bridgehead atoms. The molecular weight excluding hydrogens is 228 g/mol. The van der Waals surface area contributed by atoms with E-state index in [0.717, 1.165) is 5.01 Å². The molecule has 0 spiro atoms. The van der Waals surface area contributed by atoms with Crippen molar-refractivity contribution < 1.29 is 14.7 Å². The number of rotatable bonds is 2. The summed E-state index contributed by atoms with van der Waals surface area (Å²) in [4.78, 5) is 27.3. The minimum absolute atomic E-state index is 0.256. The predicted octanol–water partition coefficient (Wildman–Crippen LogP) is 1.01. The fraction of sp³-hybridized carbons (Fsp3) is 0.500. The first kappa shape index (κ1) is 11.1. The number of hydrogen-bond donors (Lipinski definition) is 2. The minimum Gasteiger partial charge on any atom is -0.480 e. The first-order valence-corrected chi connectivity index (χ1v) is 5.84. The number of fused-ring (bicyclic) bond motifs is 1. The molecule has 0 saturated carbocycles. The number of aromatic nitrogens is 1. The molecule has 0 aromatic carbocycles. The molecule has 2 rings (SSSR count). The maximum atomic E-state index is 11.6. The Morgan fingerprint density at radius 2 is 2.31 bits per heavy atom. The molecule has 1 amide bonds. The van der Waals surface area contributed by atoms with Crippen molar-refractivity contribution in [1.82, 2.24) is 10.3 Å². The summed E-state index contributed by atoms with van der Waals surface area (Å²) >= 11 is 1.35. The van der Waals surface area contributed by atoms with Crippen molar-refractivity contribution in [3.05, 3.63) is 15.6 Å². The van der Waals surface area contributed by atoms with E-state index in [-0.39, 0.29) is 18.2 Å². The van der Waals surface area contributed by atoms with Crippen LogP contribution in [0.1, 0.15) is 40.1 Å². The molecule has 2 heterocycles. The highest BCUT2D eigenvalue weighted by Crippen LogP contribution is 2.27. The lowest BCUT2D eigenvalue weighted by Gasteiger charge is -2.18. The highest BCUT2D eigenvalue weighted by atomic mass is 32.1. The van der Waals surface area contributed by atoms with Crippen LogP contribution in [-0.4, -0.2) is 28.0 Å². The second-order valence-corrected chi connectivity index (χ2v) is 5.08. The monoisotopic (exact) mass is 240 g/mol. The van der Waals surface area contributed by atoms with E-state index in [1.54, 1.807) is 0 Å². The van der Waals surface area contributed by atoms with Crippen LogP contribution in [0, 0.1) is 0 Å². The molecule has 0 aliphatic carbocycles. The van der Waals surface area contributed by atoms with Gasteiger partial charge in [-0.15, -0.1) is 11.3 Å². The molecule has 0 fully saturated rings. The molecule has 2 N–H and O–H groups in total. The van der Waals surface area contributed by atoms with Gasteiger partial charge in [-0.1, -0.05) is 13.8 Å². The van der Waals surface area contributed by atoms with Crippen molar-refractivity contribution in [3.8, 4) is 0 Å². The fourth-order valence-corrected chi connectivity index (χ4v) is 2.55. The van der Waals surface area contributed by atoms with Crippen LogP contribution in [0.3, 0.4) is 0 Å². The maximum absolute atomic E-state index is 11.6. The average molecular weight is 240 g/mol. The third kappa shape index (κ3) is 1.80. The number of nitrogens with zero attached hydrogens (tertiary/aromatic N) is 1. The van der Waals surface area contributed by atoms with Crippen molar-refractivity contribution in [2.24, 2.45) is 0 Å². The van der Waals surface area contributed by atoms with E-state index in [0.29, 0.717) is 10.6 Å². The van der Waals surface area contributed by atoms with E-state index in [1.807, 2.05) is 13.8 Å². The number of carboxylic acids is 1. The number of amides is 1. The van der Waals surface area contributed by atoms with Gasteiger partial charge in [0, 0.05) is 12.3 Å². The third-order valence-electron chi connectivity index (χ3n) is 2.41. The Kier molecular flexibility index (Phi) is 2.67. The second-order valence-electron chi connectivity index (χ2n) is 4.05. The van der Waals surface area contributed by atoms with Gasteiger partial charge in [0.2, 0.25) is 0 Å². The van der Waals surface area contributed by atoms with Gasteiger partial charge in [-0.2, -0.15) is 0 Å². The zero-order chi connectivity index (χ0) is 11.9. The third-order valence-corrected chi connectivity index (χ3v) is 3.81. The van der Waals surface area contributed by atoms with Gasteiger partial charge in [-0.25, -0.2) is 9.78 Å². The molecule has 5 nitrogen and oxygen atoms in total. The predicted molar refractivity (Wildman–Crippen MR) is 58.8 cm³/mol. The number of carbonyl (C=O) groups is 2. The van der Waals surface area contributed by atoms with Gasteiger partial charge >= 0.3 is 5.97 Å². The molecule has 16 heavy (non-hydrogen) atoms. The van der Waals surface area contributed by atoms with Gasteiger partial charge in [-0.3, -0.25) is 4.79 Å². The highest BCUT2D eigenvalue weighted by Gasteiger charge is 2.32. The van der Waals surface area contributed by atoms with Crippen molar-refractivity contribution in [1.29, 1.82) is 0 Å². The number of nitrogens with one attached hydrogen (secondary N) is 1. The van der Waals surface area contributed by atoms with Gasteiger partial charge in [0.25, 0.3) is 5.91 Å². The summed E-state index contributed by atoms with van der Waals surface area (Å²) in [7, 11) is 0. The Morgan fingerprint density at radius 1 is 1.62 bits per heavy atom. The fourth-order valence-electron chi connectivity index (χ4n) is 1.55. The van der Waals surface area contributed by atoms with Crippen LogP contribution in [0.4, 0.5) is 0 Å². The largest absolute Gasteiger partial charge is 0.480 e. The Hall–Kier alpha value is -1.43. The summed E-state index contributed by atoms with van der Waals surface area (Å²) in [6, 6.07) is -0.845. The molecule has 1 unspecified atom stereocenters. The number of thiazole rings is 1. The zero-order valence-corrected chi connectivity index (χ0v) is 9.80. The van der Waals surface area contributed by atoms with E-state index in [2.05, 4.69) is 10.3 Å². The Bertz CT molecular complexity index is 453. The molecule has 0 saturated heterocycles. The summed E-state index contributed by atoms with van der Waals surface area (Å²) in [5, 5.41) is 12.2. The van der Waals surface area contributed by atoms with Gasteiger partial charge in [0.15, 0.2) is 0 Å². The molecule has 1 aliphatic heterocycles. The van der Waals surface area contributed by atoms with E-state index >= 15 is 0 Å². The quantitative estimate of drug-likeness (QED) is 0.808. The van der Waals surface area contributed by atoms with Crippen molar-refractivity contribution >= 4 is 23.2 Å². The van der Waals surface area contributed by atoms with Gasteiger partial charge < -0.3 is 10.4 Å². The van der Waals surface area contributed by atoms with E-state index in [4.69, 9.17) is 5.11 Å². The van der Waals surface area contributed by atoms with Gasteiger partial charge in [0.1, 0.15) is 10.9 Å². The molecule has 86 valence electrons. The number of hydrogen-bond acceptors (Lipinski definition) is 4. The van der Waals surface area contributed by atoms with Crippen LogP contribution in [0.5, 0.6) is 0 Å². The summed E-state index contributed by atoms with van der Waals surface area (Å²) in [6.07, 6.45) is 0.277. The summed E-state index contributed by atoms with van der Waals surface area (Å²) < 4.78 is 0. The zero-order valence-electron chi connectivity index (χ0n) is 8.98. The maximum Gasteiger partial charge on any atom is 0.326 e. The summed E-state index contributed by atoms with van der Waals surface area (Å²) in [6.45, 7) is 3.99. The lowest BCUT2D eigenvalue weighted by Crippen LogP contribution is -2.45. The molecule has 0 radical (unpaired) electrons. The van der Waals surface area contributed by atoms with Gasteiger partial charge in [0.05, 0.1) is 10.7 Å². The summed E-state index contributed by atoms with van der Waals surface area (Å²) in [5.41, 5.74) is 0.616. The molecular formula is C10H12N2O3S. The summed E-state index contributed by atoms with van der Waals surface area (Å²) in [5.74, 6) is -1.08. The molecule has 1 aromatic heterocycles. The normalized spacial score (nSPS) is 19.4. The first-order valence-electron chi connectivity index (χ1n) is 5.02. The SMILES string of the molecule is CC(C)c1nc2c(s1)C(=O)NC(C(=O)O)C2. The number of carbonyl (C=O) groups excluding carboxylic acids is 1. The Labute approximate surface area is 96.5 Å². The second kappa shape index (κ2) is 3.86. The number of aliphatic carboxylic acids is 1. The van der Waals surface area contributed by atoms with Crippen LogP contribution in [0.15, 0.2) is 0 Å². The van der Waals surface area contributed by atoms with Crippen LogP contribution >= 0.6 is 11.3 Å². The standard InChI is InChI=1S/C10H12N2O3S/c1-4(2)9-12-5-3-6(10(14)15)11-8(13)7(5)16-9/h4,6H,3H2,1-2H3,(H,11,13)(H,14,15). The lowest BCUT2D eigenvalue weighted by atomic mass is 10.1. The topological polar surface area (TPSA) is 79.3 Å². The molecule has 1 atom stereocenters. The van der Waals surface area contributed by atoms with E-state index < -0.39 is 12.0 Å². The van der Waals surface area contributed by atoms with Gasteiger partial charge in [-0.05, 0) is 0 Å². The van der Waals surface area contributed by atoms with E-state index in [1.165, 1.54) is 11.3 Å². The molecule has 1 aromatic rings. The average Bonchev–Trinajstić information content (AvgIpc) is 2.61. The lowest BCUT2D eigenvalue weighted by molar-refractivity contribution is -0.139. The minimum atomic E-state index is -1.02. The van der Waals surface area contributed by atoms with Crippen molar-refractivity contribution in [2.75, 3.05) is 0 Å². The van der Waals surface area contributed by atoms with Crippen LogP contribution in [0.2, 0.25) is 0 Å². The smallest absolute Gasteiger partial charge is 0.326 e. The van der Waals surface area contributed by atoms with Crippen LogP contribution < -0.4 is 5.32 Å². The first-order chi connectivity index (χ1) is 7.49. The molecule has 6 heteroatoms. The van der Waals surface area contributed by atoms with Crippen molar-refractivity contribution in [2.45, 2.75) is 32.2 Å².